The second-order valence-electron chi connectivity index (χ2n) is 13.3. The lowest BCUT2D eigenvalue weighted by molar-refractivity contribution is 0.701. The van der Waals surface area contributed by atoms with Crippen molar-refractivity contribution in [1.29, 1.82) is 0 Å². The van der Waals surface area contributed by atoms with Crippen LogP contribution in [0.3, 0.4) is 0 Å². The van der Waals surface area contributed by atoms with Crippen LogP contribution in [0, 0.1) is 0 Å². The number of unbranched alkanes of at least 4 members (excludes halogenated alkanes) is 2. The first-order valence-electron chi connectivity index (χ1n) is 17.6. The topological polar surface area (TPSA) is 12.0 Å². The molecule has 1 nitrogen and oxygen atoms in total. The number of hydrogen-bond donors (Lipinski definition) is 1. The molecule has 6 aromatic carbocycles. The Hall–Kier alpha value is -5.14. The Balaban J connectivity index is 1.32. The lowest BCUT2D eigenvalue weighted by atomic mass is 9.87. The van der Waals surface area contributed by atoms with Crippen LogP contribution in [0.4, 0.5) is 0 Å². The molecule has 1 heteroatoms. The molecule has 0 amide bonds. The van der Waals surface area contributed by atoms with E-state index in [9.17, 15) is 0 Å². The van der Waals surface area contributed by atoms with Crippen LogP contribution in [-0.2, 0) is 6.42 Å². The van der Waals surface area contributed by atoms with Gasteiger partial charge in [-0.05, 0) is 122 Å². The van der Waals surface area contributed by atoms with Gasteiger partial charge < -0.3 is 5.32 Å². The summed E-state index contributed by atoms with van der Waals surface area (Å²) in [6, 6.07) is 40.0. The zero-order valence-electron chi connectivity index (χ0n) is 28.4. The Morgan fingerprint density at radius 3 is 2.17 bits per heavy atom. The number of aryl methyl sites for hydroxylation is 1. The Bertz CT molecular complexity index is 2210. The van der Waals surface area contributed by atoms with Crippen molar-refractivity contribution in [1.82, 2.24) is 5.32 Å². The third-order valence-corrected chi connectivity index (χ3v) is 10.0. The molecule has 0 radical (unpaired) electrons. The first-order valence-corrected chi connectivity index (χ1v) is 17.6. The van der Waals surface area contributed by atoms with Crippen molar-refractivity contribution in [3.8, 4) is 0 Å². The fourth-order valence-electron chi connectivity index (χ4n) is 7.35. The maximum absolute atomic E-state index is 4.72. The first kappa shape index (κ1) is 31.5. The summed E-state index contributed by atoms with van der Waals surface area (Å²) in [5, 5.41) is 11.5. The van der Waals surface area contributed by atoms with E-state index in [0.717, 1.165) is 36.1 Å². The van der Waals surface area contributed by atoms with Gasteiger partial charge in [-0.3, -0.25) is 0 Å². The van der Waals surface area contributed by atoms with Crippen LogP contribution in [-0.4, -0.2) is 0 Å². The van der Waals surface area contributed by atoms with Gasteiger partial charge in [0.1, 0.15) is 0 Å². The molecule has 0 fully saturated rings. The van der Waals surface area contributed by atoms with Crippen LogP contribution < -0.4 is 5.32 Å². The van der Waals surface area contributed by atoms with Gasteiger partial charge in [-0.1, -0.05) is 142 Å². The summed E-state index contributed by atoms with van der Waals surface area (Å²) < 4.78 is 0. The molecule has 1 N–H and O–H groups in total. The van der Waals surface area contributed by atoms with Gasteiger partial charge >= 0.3 is 0 Å². The van der Waals surface area contributed by atoms with Crippen LogP contribution in [0.2, 0.25) is 0 Å². The van der Waals surface area contributed by atoms with Crippen molar-refractivity contribution in [2.45, 2.75) is 58.4 Å². The Kier molecular flexibility index (Phi) is 9.12. The lowest BCUT2D eigenvalue weighted by Gasteiger charge is -2.24. The highest BCUT2D eigenvalue weighted by molar-refractivity contribution is 6.13. The molecule has 0 spiro atoms. The lowest BCUT2D eigenvalue weighted by Crippen LogP contribution is -2.18. The smallest absolute Gasteiger partial charge is 0.0485 e. The highest BCUT2D eigenvalue weighted by atomic mass is 14.9. The molecule has 1 unspecified atom stereocenters. The van der Waals surface area contributed by atoms with E-state index >= 15 is 0 Å². The molecular formula is C47H45N. The van der Waals surface area contributed by atoms with Gasteiger partial charge in [0.05, 0.1) is 0 Å². The van der Waals surface area contributed by atoms with Crippen LogP contribution >= 0.6 is 0 Å². The van der Waals surface area contributed by atoms with Gasteiger partial charge in [0.15, 0.2) is 0 Å². The Morgan fingerprint density at radius 1 is 0.750 bits per heavy atom. The van der Waals surface area contributed by atoms with E-state index in [-0.39, 0.29) is 6.04 Å². The Labute approximate surface area is 286 Å². The third kappa shape index (κ3) is 6.26. The van der Waals surface area contributed by atoms with Crippen molar-refractivity contribution < 1.29 is 0 Å². The summed E-state index contributed by atoms with van der Waals surface area (Å²) in [6.07, 6.45) is 13.7. The van der Waals surface area contributed by atoms with Crippen LogP contribution in [0.15, 0.2) is 135 Å². The minimum absolute atomic E-state index is 0.0782. The SMILES string of the molecule is C=C(CCCCC)c1ccc(C(C)N/C(=C\C(=C)c2cc3ccccc3c3ccccc23)c2cc3c(c4ccccc24)C=CCC3)cc1. The van der Waals surface area contributed by atoms with Crippen molar-refractivity contribution in [2.75, 3.05) is 0 Å². The van der Waals surface area contributed by atoms with Gasteiger partial charge in [0.25, 0.3) is 0 Å². The van der Waals surface area contributed by atoms with Gasteiger partial charge in [-0.2, -0.15) is 0 Å². The van der Waals surface area contributed by atoms with Crippen molar-refractivity contribution in [3.05, 3.63) is 168 Å². The maximum Gasteiger partial charge on any atom is 0.0485 e. The molecule has 0 saturated heterocycles. The zero-order valence-corrected chi connectivity index (χ0v) is 28.4. The van der Waals surface area contributed by atoms with E-state index in [1.165, 1.54) is 85.0 Å². The van der Waals surface area contributed by atoms with Crippen LogP contribution in [0.1, 0.15) is 85.4 Å². The number of benzene rings is 6. The zero-order chi connectivity index (χ0) is 33.0. The molecule has 0 bridgehead atoms. The molecular weight excluding hydrogens is 579 g/mol. The van der Waals surface area contributed by atoms with E-state index in [4.69, 9.17) is 6.58 Å². The molecule has 48 heavy (non-hydrogen) atoms. The van der Waals surface area contributed by atoms with E-state index in [1.807, 2.05) is 0 Å². The average Bonchev–Trinajstić information content (AvgIpc) is 3.14. The molecule has 1 aliphatic carbocycles. The average molecular weight is 624 g/mol. The molecule has 7 rings (SSSR count). The normalized spacial score (nSPS) is 13.5. The van der Waals surface area contributed by atoms with E-state index < -0.39 is 0 Å². The van der Waals surface area contributed by atoms with Gasteiger partial charge in [0, 0.05) is 17.3 Å². The van der Waals surface area contributed by atoms with Crippen molar-refractivity contribution in [2.24, 2.45) is 0 Å². The maximum atomic E-state index is 4.72. The minimum atomic E-state index is 0.0782. The van der Waals surface area contributed by atoms with Crippen LogP contribution in [0.5, 0.6) is 0 Å². The molecule has 0 aliphatic heterocycles. The van der Waals surface area contributed by atoms with Crippen molar-refractivity contribution in [3.63, 3.8) is 0 Å². The van der Waals surface area contributed by atoms with E-state index in [2.05, 4.69) is 153 Å². The van der Waals surface area contributed by atoms with Crippen LogP contribution in [0.25, 0.3) is 55.2 Å². The fourth-order valence-corrected chi connectivity index (χ4v) is 7.35. The first-order chi connectivity index (χ1) is 23.5. The summed E-state index contributed by atoms with van der Waals surface area (Å²) in [4.78, 5) is 0. The van der Waals surface area contributed by atoms with E-state index in [1.54, 1.807) is 0 Å². The summed E-state index contributed by atoms with van der Waals surface area (Å²) in [7, 11) is 0. The number of hydrogen-bond acceptors (Lipinski definition) is 1. The highest BCUT2D eigenvalue weighted by Gasteiger charge is 2.18. The second-order valence-corrected chi connectivity index (χ2v) is 13.3. The minimum Gasteiger partial charge on any atom is -0.378 e. The number of allylic oxidation sites excluding steroid dienone is 4. The summed E-state index contributed by atoms with van der Waals surface area (Å²) >= 11 is 0. The standard InChI is InChI=1S/C47H45N/c1-5-6-7-16-32(2)35-25-27-36(28-26-35)34(4)48-47(46-31-38-18-9-11-20-40(38)42-22-13-15-24-44(42)46)29-33(3)45-30-37-17-8-10-19-39(37)41-21-12-14-23-43(41)45/h8,10-15,17,19-31,34,48H,2-3,5-7,9,16,18H2,1,4H3/b47-29-. The number of rotatable bonds is 11. The quantitative estimate of drug-likeness (QED) is 0.0860. The highest BCUT2D eigenvalue weighted by Crippen LogP contribution is 2.37. The molecule has 1 atom stereocenters. The van der Waals surface area contributed by atoms with E-state index in [0.29, 0.717) is 0 Å². The molecule has 0 saturated carbocycles. The molecule has 0 aromatic heterocycles. The predicted molar refractivity (Wildman–Crippen MR) is 211 cm³/mol. The second kappa shape index (κ2) is 13.9. The fraction of sp³-hybridized carbons (Fsp3) is 0.191. The third-order valence-electron chi connectivity index (χ3n) is 10.0. The molecule has 6 aromatic rings. The van der Waals surface area contributed by atoms with Gasteiger partial charge in [0.2, 0.25) is 0 Å². The molecule has 238 valence electrons. The number of fused-ring (bicyclic) bond motifs is 6. The molecule has 1 aliphatic rings. The van der Waals surface area contributed by atoms with Gasteiger partial charge in [-0.25, -0.2) is 0 Å². The van der Waals surface area contributed by atoms with Crippen molar-refractivity contribution >= 4 is 55.2 Å². The summed E-state index contributed by atoms with van der Waals surface area (Å²) in [5.74, 6) is 0. The predicted octanol–water partition coefficient (Wildman–Crippen LogP) is 13.1. The summed E-state index contributed by atoms with van der Waals surface area (Å²) in [6.45, 7) is 13.6. The Morgan fingerprint density at radius 2 is 1.42 bits per heavy atom. The molecule has 0 heterocycles. The monoisotopic (exact) mass is 623 g/mol. The largest absolute Gasteiger partial charge is 0.378 e. The number of nitrogens with one attached hydrogen (secondary N) is 1. The van der Waals surface area contributed by atoms with Gasteiger partial charge in [-0.15, -0.1) is 0 Å². The summed E-state index contributed by atoms with van der Waals surface area (Å²) in [5.41, 5.74) is 10.9.